The third kappa shape index (κ3) is 3.26. The van der Waals surface area contributed by atoms with Gasteiger partial charge < -0.3 is 4.74 Å². The molecule has 0 fully saturated rings. The van der Waals surface area contributed by atoms with Crippen molar-refractivity contribution in [1.82, 2.24) is 4.98 Å². The molecule has 2 aromatic rings. The summed E-state index contributed by atoms with van der Waals surface area (Å²) in [5.74, 6) is 0.846. The molecule has 0 bridgehead atoms. The fourth-order valence-electron chi connectivity index (χ4n) is 1.53. The smallest absolute Gasteiger partial charge is 0.235 e. The molecule has 0 saturated heterocycles. The Morgan fingerprint density at radius 1 is 1.39 bits per heavy atom. The second kappa shape index (κ2) is 6.10. The molecule has 92 valence electrons. The van der Waals surface area contributed by atoms with E-state index in [0.717, 1.165) is 22.9 Å². The zero-order valence-electron chi connectivity index (χ0n) is 9.92. The first-order chi connectivity index (χ1) is 8.81. The van der Waals surface area contributed by atoms with Gasteiger partial charge in [0, 0.05) is 11.8 Å². The van der Waals surface area contributed by atoms with Gasteiger partial charge in [-0.2, -0.15) is 4.99 Å². The molecule has 1 aromatic heterocycles. The van der Waals surface area contributed by atoms with E-state index in [9.17, 15) is 4.79 Å². The molecule has 0 unspecified atom stereocenters. The first kappa shape index (κ1) is 12.5. The maximum absolute atomic E-state index is 10.0. The molecule has 1 aromatic carbocycles. The summed E-state index contributed by atoms with van der Waals surface area (Å²) in [6, 6.07) is 7.90. The number of hydrogen-bond acceptors (Lipinski definition) is 5. The molecule has 2 rings (SSSR count). The summed E-state index contributed by atoms with van der Waals surface area (Å²) in [6.07, 6.45) is 2.29. The van der Waals surface area contributed by atoms with Crippen molar-refractivity contribution >= 4 is 17.4 Å². The second-order valence-corrected chi connectivity index (χ2v) is 4.61. The van der Waals surface area contributed by atoms with Crippen LogP contribution in [-0.4, -0.2) is 18.2 Å². The number of nitrogens with zero attached hydrogens (tertiary/aromatic N) is 2. The fourth-order valence-corrected chi connectivity index (χ4v) is 2.35. The van der Waals surface area contributed by atoms with Gasteiger partial charge in [0.05, 0.1) is 24.4 Å². The molecule has 0 spiro atoms. The predicted molar refractivity (Wildman–Crippen MR) is 69.7 cm³/mol. The van der Waals surface area contributed by atoms with Crippen molar-refractivity contribution in [3.8, 4) is 5.75 Å². The molecule has 0 saturated carbocycles. The third-order valence-corrected chi connectivity index (χ3v) is 3.32. The second-order valence-electron chi connectivity index (χ2n) is 3.66. The third-order valence-electron chi connectivity index (χ3n) is 2.42. The summed E-state index contributed by atoms with van der Waals surface area (Å²) in [5.41, 5.74) is 1.99. The first-order valence-electron chi connectivity index (χ1n) is 5.41. The number of aliphatic imine (C=N–C) groups is 1. The molecule has 0 atom stereocenters. The van der Waals surface area contributed by atoms with Crippen molar-refractivity contribution in [2.75, 3.05) is 7.11 Å². The molecule has 4 nitrogen and oxygen atoms in total. The molecular weight excluding hydrogens is 248 g/mol. The summed E-state index contributed by atoms with van der Waals surface area (Å²) >= 11 is 1.57. The molecular formula is C13H12N2O2S. The van der Waals surface area contributed by atoms with Crippen LogP contribution >= 0.6 is 11.3 Å². The molecule has 0 N–H and O–H groups in total. The molecule has 5 heteroatoms. The van der Waals surface area contributed by atoms with E-state index in [4.69, 9.17) is 4.74 Å². The van der Waals surface area contributed by atoms with Crippen LogP contribution in [0.15, 0.2) is 34.6 Å². The molecule has 0 amide bonds. The monoisotopic (exact) mass is 260 g/mol. The average molecular weight is 260 g/mol. The Labute approximate surface area is 109 Å². The molecule has 0 radical (unpaired) electrons. The van der Waals surface area contributed by atoms with E-state index >= 15 is 0 Å². The number of hydrogen-bond donors (Lipinski definition) is 0. The van der Waals surface area contributed by atoms with Crippen molar-refractivity contribution in [1.29, 1.82) is 0 Å². The van der Waals surface area contributed by atoms with Crippen LogP contribution in [0.2, 0.25) is 0 Å². The topological polar surface area (TPSA) is 51.6 Å². The lowest BCUT2D eigenvalue weighted by molar-refractivity contribution is 0.414. The number of carbonyl (C=O) groups excluding carboxylic acids is 1. The van der Waals surface area contributed by atoms with Gasteiger partial charge in [-0.3, -0.25) is 0 Å². The molecule has 18 heavy (non-hydrogen) atoms. The van der Waals surface area contributed by atoms with Gasteiger partial charge in [-0.15, -0.1) is 11.3 Å². The van der Waals surface area contributed by atoms with Crippen LogP contribution in [0.1, 0.15) is 16.3 Å². The highest BCUT2D eigenvalue weighted by Crippen LogP contribution is 2.17. The quantitative estimate of drug-likeness (QED) is 0.613. The Hall–Kier alpha value is -1.97. The van der Waals surface area contributed by atoms with Crippen LogP contribution in [-0.2, 0) is 17.8 Å². The number of isocyanates is 1. The van der Waals surface area contributed by atoms with Crippen molar-refractivity contribution in [3.05, 3.63) is 45.9 Å². The minimum absolute atomic E-state index is 0.308. The lowest BCUT2D eigenvalue weighted by atomic mass is 10.1. The van der Waals surface area contributed by atoms with Gasteiger partial charge in [0.1, 0.15) is 5.75 Å². The van der Waals surface area contributed by atoms with E-state index in [1.165, 1.54) is 11.6 Å². The summed E-state index contributed by atoms with van der Waals surface area (Å²) in [6.45, 7) is 0.308. The zero-order chi connectivity index (χ0) is 12.8. The summed E-state index contributed by atoms with van der Waals surface area (Å²) in [7, 11) is 1.65. The van der Waals surface area contributed by atoms with Gasteiger partial charge in [0.2, 0.25) is 6.08 Å². The number of ether oxygens (including phenoxy) is 1. The lowest BCUT2D eigenvalue weighted by Gasteiger charge is -2.01. The Bertz CT molecular complexity index is 557. The van der Waals surface area contributed by atoms with Crippen LogP contribution in [0.3, 0.4) is 0 Å². The average Bonchev–Trinajstić information content (AvgIpc) is 2.85. The highest BCUT2D eigenvalue weighted by molar-refractivity contribution is 7.09. The van der Waals surface area contributed by atoms with Crippen molar-refractivity contribution in [2.45, 2.75) is 13.0 Å². The van der Waals surface area contributed by atoms with Crippen LogP contribution in [0, 0.1) is 0 Å². The van der Waals surface area contributed by atoms with Gasteiger partial charge in [-0.25, -0.2) is 9.78 Å². The Balaban J connectivity index is 2.03. The summed E-state index contributed by atoms with van der Waals surface area (Å²) in [5, 5.41) is 2.93. The minimum Gasteiger partial charge on any atom is -0.497 e. The van der Waals surface area contributed by atoms with E-state index in [1.807, 2.05) is 29.6 Å². The summed E-state index contributed by atoms with van der Waals surface area (Å²) < 4.78 is 5.11. The minimum atomic E-state index is 0.308. The number of thiazole rings is 1. The van der Waals surface area contributed by atoms with E-state index in [-0.39, 0.29) is 0 Å². The fraction of sp³-hybridized carbons (Fsp3) is 0.231. The molecule has 0 aliphatic heterocycles. The SMILES string of the molecule is COc1ccc(Cc2nc(CN=C=O)cs2)cc1. The molecule has 1 heterocycles. The maximum atomic E-state index is 10.0. The van der Waals surface area contributed by atoms with Gasteiger partial charge in [0.15, 0.2) is 0 Å². The van der Waals surface area contributed by atoms with Crippen molar-refractivity contribution in [2.24, 2.45) is 4.99 Å². The highest BCUT2D eigenvalue weighted by atomic mass is 32.1. The number of methoxy groups -OCH3 is 1. The van der Waals surface area contributed by atoms with Crippen LogP contribution < -0.4 is 4.74 Å². The van der Waals surface area contributed by atoms with Crippen LogP contribution in [0.5, 0.6) is 5.75 Å². The van der Waals surface area contributed by atoms with Gasteiger partial charge in [-0.1, -0.05) is 12.1 Å². The highest BCUT2D eigenvalue weighted by Gasteiger charge is 2.03. The van der Waals surface area contributed by atoms with Gasteiger partial charge >= 0.3 is 0 Å². The number of rotatable bonds is 5. The standard InChI is InChI=1S/C13H12N2O2S/c1-17-12-4-2-10(3-5-12)6-13-15-11(8-18-13)7-14-9-16/h2-5,8H,6-7H2,1H3. The van der Waals surface area contributed by atoms with Gasteiger partial charge in [0.25, 0.3) is 0 Å². The Morgan fingerprint density at radius 2 is 2.17 bits per heavy atom. The number of benzene rings is 1. The number of aromatic nitrogens is 1. The van der Waals surface area contributed by atoms with E-state index in [1.54, 1.807) is 18.4 Å². The van der Waals surface area contributed by atoms with Crippen LogP contribution in [0.25, 0.3) is 0 Å². The van der Waals surface area contributed by atoms with E-state index in [0.29, 0.717) is 6.54 Å². The van der Waals surface area contributed by atoms with Crippen molar-refractivity contribution in [3.63, 3.8) is 0 Å². The molecule has 0 aliphatic carbocycles. The Kier molecular flexibility index (Phi) is 4.23. The molecule has 0 aliphatic rings. The maximum Gasteiger partial charge on any atom is 0.235 e. The van der Waals surface area contributed by atoms with Crippen molar-refractivity contribution < 1.29 is 9.53 Å². The lowest BCUT2D eigenvalue weighted by Crippen LogP contribution is -1.89. The van der Waals surface area contributed by atoms with Gasteiger partial charge in [-0.05, 0) is 17.7 Å². The van der Waals surface area contributed by atoms with Crippen LogP contribution in [0.4, 0.5) is 0 Å². The first-order valence-corrected chi connectivity index (χ1v) is 6.29. The van der Waals surface area contributed by atoms with E-state index < -0.39 is 0 Å². The zero-order valence-corrected chi connectivity index (χ0v) is 10.7. The van der Waals surface area contributed by atoms with E-state index in [2.05, 4.69) is 9.98 Å². The largest absolute Gasteiger partial charge is 0.497 e. The Morgan fingerprint density at radius 3 is 2.83 bits per heavy atom. The summed E-state index contributed by atoms with van der Waals surface area (Å²) in [4.78, 5) is 17.9. The normalized spacial score (nSPS) is 9.83. The predicted octanol–water partition coefficient (Wildman–Crippen LogP) is 2.58.